The Morgan fingerprint density at radius 3 is 3.17 bits per heavy atom. The van der Waals surface area contributed by atoms with Gasteiger partial charge in [0.25, 0.3) is 0 Å². The predicted molar refractivity (Wildman–Crippen MR) is 87.7 cm³/mol. The minimum atomic E-state index is -0.277. The second-order valence-electron chi connectivity index (χ2n) is 6.44. The second-order valence-corrected chi connectivity index (χ2v) is 6.44. The van der Waals surface area contributed by atoms with Crippen molar-refractivity contribution >= 4 is 10.9 Å². The van der Waals surface area contributed by atoms with Gasteiger partial charge in [0, 0.05) is 36.9 Å². The van der Waals surface area contributed by atoms with Crippen LogP contribution in [0.3, 0.4) is 0 Å². The molecule has 6 heteroatoms. The van der Waals surface area contributed by atoms with Gasteiger partial charge in [-0.15, -0.1) is 0 Å². The lowest BCUT2D eigenvalue weighted by Crippen LogP contribution is -2.35. The number of nitrogens with one attached hydrogen (secondary N) is 2. The zero-order valence-corrected chi connectivity index (χ0v) is 12.9. The highest BCUT2D eigenvalue weighted by Gasteiger charge is 2.32. The van der Waals surface area contributed by atoms with Gasteiger partial charge in [0.1, 0.15) is 0 Å². The Kier molecular flexibility index (Phi) is 3.85. The van der Waals surface area contributed by atoms with Crippen LogP contribution in [-0.2, 0) is 13.1 Å². The van der Waals surface area contributed by atoms with Crippen molar-refractivity contribution in [1.29, 1.82) is 0 Å². The second kappa shape index (κ2) is 6.14. The first-order valence-electron chi connectivity index (χ1n) is 8.07. The summed E-state index contributed by atoms with van der Waals surface area (Å²) in [6.07, 6.45) is 9.02. The van der Waals surface area contributed by atoms with Gasteiger partial charge in [-0.05, 0) is 36.5 Å². The lowest BCUT2D eigenvalue weighted by molar-refractivity contribution is 0.145. The standard InChI is InChI=1S/C17H21N5O/c23-17-7-13(10-22-4-3-18-11-22)6-16(17)19-8-12-1-2-15-14(5-12)9-20-21-15/h1-5,9,11,13,16-17,19,23H,6-8,10H2,(H,20,21)/t13?,16-,17-/m1/s1. The number of nitrogens with zero attached hydrogens (tertiary/aromatic N) is 3. The number of hydrogen-bond acceptors (Lipinski definition) is 4. The fourth-order valence-corrected chi connectivity index (χ4v) is 3.53. The van der Waals surface area contributed by atoms with Crippen LogP contribution in [0.2, 0.25) is 0 Å². The molecule has 1 aromatic carbocycles. The van der Waals surface area contributed by atoms with E-state index in [-0.39, 0.29) is 12.1 Å². The van der Waals surface area contributed by atoms with E-state index in [1.54, 1.807) is 6.20 Å². The maximum absolute atomic E-state index is 10.3. The Morgan fingerprint density at radius 2 is 2.30 bits per heavy atom. The van der Waals surface area contributed by atoms with Gasteiger partial charge in [0.2, 0.25) is 0 Å². The summed E-state index contributed by atoms with van der Waals surface area (Å²) >= 11 is 0. The maximum atomic E-state index is 10.3. The zero-order chi connectivity index (χ0) is 15.6. The van der Waals surface area contributed by atoms with Crippen molar-refractivity contribution in [3.8, 4) is 0 Å². The zero-order valence-electron chi connectivity index (χ0n) is 12.9. The predicted octanol–water partition coefficient (Wildman–Crippen LogP) is 1.69. The molecule has 3 aromatic rings. The van der Waals surface area contributed by atoms with Gasteiger partial charge in [0.05, 0.1) is 24.1 Å². The molecular formula is C17H21N5O. The summed E-state index contributed by atoms with van der Waals surface area (Å²) in [4.78, 5) is 4.08. The Bertz CT molecular complexity index is 766. The van der Waals surface area contributed by atoms with Gasteiger partial charge >= 0.3 is 0 Å². The molecule has 1 aliphatic carbocycles. The average Bonchev–Trinajstić information content (AvgIpc) is 3.26. The Balaban J connectivity index is 1.35. The first kappa shape index (κ1) is 14.4. The van der Waals surface area contributed by atoms with E-state index in [1.165, 1.54) is 5.56 Å². The third-order valence-electron chi connectivity index (χ3n) is 4.73. The van der Waals surface area contributed by atoms with Gasteiger partial charge < -0.3 is 15.0 Å². The largest absolute Gasteiger partial charge is 0.391 e. The number of aliphatic hydroxyl groups is 1. The van der Waals surface area contributed by atoms with E-state index in [9.17, 15) is 5.11 Å². The number of rotatable bonds is 5. The van der Waals surface area contributed by atoms with Crippen molar-refractivity contribution in [2.45, 2.75) is 38.1 Å². The molecule has 0 radical (unpaired) electrons. The average molecular weight is 311 g/mol. The van der Waals surface area contributed by atoms with Crippen LogP contribution in [0.15, 0.2) is 43.1 Å². The number of aliphatic hydroxyl groups excluding tert-OH is 1. The van der Waals surface area contributed by atoms with Crippen LogP contribution < -0.4 is 5.32 Å². The van der Waals surface area contributed by atoms with E-state index < -0.39 is 0 Å². The fraction of sp³-hybridized carbons (Fsp3) is 0.412. The molecule has 4 rings (SSSR count). The van der Waals surface area contributed by atoms with Crippen LogP contribution in [0.25, 0.3) is 10.9 Å². The van der Waals surface area contributed by atoms with Gasteiger partial charge in [0.15, 0.2) is 0 Å². The molecule has 6 nitrogen and oxygen atoms in total. The molecule has 3 N–H and O–H groups in total. The number of benzene rings is 1. The van der Waals surface area contributed by atoms with E-state index in [2.05, 4.69) is 37.2 Å². The molecule has 120 valence electrons. The summed E-state index contributed by atoms with van der Waals surface area (Å²) in [6.45, 7) is 1.69. The summed E-state index contributed by atoms with van der Waals surface area (Å²) in [5, 5.41) is 21.9. The van der Waals surface area contributed by atoms with Crippen molar-refractivity contribution in [2.75, 3.05) is 0 Å². The first-order chi connectivity index (χ1) is 11.3. The summed E-state index contributed by atoms with van der Waals surface area (Å²) in [5.41, 5.74) is 2.26. The van der Waals surface area contributed by atoms with E-state index in [4.69, 9.17) is 0 Å². The lowest BCUT2D eigenvalue weighted by Gasteiger charge is -2.16. The van der Waals surface area contributed by atoms with E-state index in [0.717, 1.165) is 36.8 Å². The van der Waals surface area contributed by atoms with Crippen molar-refractivity contribution in [1.82, 2.24) is 25.1 Å². The third kappa shape index (κ3) is 3.13. The quantitative estimate of drug-likeness (QED) is 0.670. The number of H-pyrrole nitrogens is 1. The smallest absolute Gasteiger partial charge is 0.0945 e. The number of hydrogen-bond donors (Lipinski definition) is 3. The molecule has 0 amide bonds. The SMILES string of the molecule is O[C@@H]1CC(Cn2ccnc2)C[C@H]1NCc1ccc2[nH]ncc2c1. The molecule has 0 spiro atoms. The Morgan fingerprint density at radius 1 is 1.35 bits per heavy atom. The summed E-state index contributed by atoms with van der Waals surface area (Å²) in [5.74, 6) is 0.494. The van der Waals surface area contributed by atoms with Gasteiger partial charge in [-0.3, -0.25) is 5.10 Å². The molecule has 23 heavy (non-hydrogen) atoms. The minimum absolute atomic E-state index is 0.156. The van der Waals surface area contributed by atoms with Crippen LogP contribution in [0.1, 0.15) is 18.4 Å². The molecule has 1 aliphatic rings. The molecule has 3 atom stereocenters. The van der Waals surface area contributed by atoms with Crippen molar-refractivity contribution in [3.63, 3.8) is 0 Å². The Labute approximate surface area is 134 Å². The number of aromatic amines is 1. The van der Waals surface area contributed by atoms with Crippen LogP contribution in [0.5, 0.6) is 0 Å². The van der Waals surface area contributed by atoms with Crippen LogP contribution in [0.4, 0.5) is 0 Å². The highest BCUT2D eigenvalue weighted by atomic mass is 16.3. The van der Waals surface area contributed by atoms with Gasteiger partial charge in [-0.2, -0.15) is 5.10 Å². The fourth-order valence-electron chi connectivity index (χ4n) is 3.53. The molecule has 1 fully saturated rings. The first-order valence-corrected chi connectivity index (χ1v) is 8.07. The topological polar surface area (TPSA) is 78.8 Å². The van der Waals surface area contributed by atoms with Gasteiger partial charge in [-0.25, -0.2) is 4.98 Å². The number of imidazole rings is 1. The molecular weight excluding hydrogens is 290 g/mol. The van der Waals surface area contributed by atoms with Crippen molar-refractivity contribution in [2.24, 2.45) is 5.92 Å². The number of aromatic nitrogens is 4. The monoisotopic (exact) mass is 311 g/mol. The minimum Gasteiger partial charge on any atom is -0.391 e. The molecule has 2 aromatic heterocycles. The van der Waals surface area contributed by atoms with Crippen LogP contribution in [-0.4, -0.2) is 37.0 Å². The molecule has 2 heterocycles. The lowest BCUT2D eigenvalue weighted by atomic mass is 10.1. The van der Waals surface area contributed by atoms with Crippen LogP contribution >= 0.6 is 0 Å². The van der Waals surface area contributed by atoms with E-state index in [0.29, 0.717) is 5.92 Å². The normalized spacial score (nSPS) is 24.5. The van der Waals surface area contributed by atoms with Crippen molar-refractivity contribution < 1.29 is 5.11 Å². The van der Waals surface area contributed by atoms with Crippen LogP contribution in [0, 0.1) is 5.92 Å². The highest BCUT2D eigenvalue weighted by Crippen LogP contribution is 2.28. The summed E-state index contributed by atoms with van der Waals surface area (Å²) in [7, 11) is 0. The van der Waals surface area contributed by atoms with Gasteiger partial charge in [-0.1, -0.05) is 6.07 Å². The molecule has 1 unspecified atom stereocenters. The molecule has 0 saturated heterocycles. The third-order valence-corrected chi connectivity index (χ3v) is 4.73. The van der Waals surface area contributed by atoms with E-state index in [1.807, 2.05) is 24.8 Å². The Hall–Kier alpha value is -2.18. The highest BCUT2D eigenvalue weighted by molar-refractivity contribution is 5.78. The molecule has 0 bridgehead atoms. The molecule has 1 saturated carbocycles. The molecule has 0 aliphatic heterocycles. The van der Waals surface area contributed by atoms with Crippen molar-refractivity contribution in [3.05, 3.63) is 48.7 Å². The number of fused-ring (bicyclic) bond motifs is 1. The maximum Gasteiger partial charge on any atom is 0.0945 e. The summed E-state index contributed by atoms with van der Waals surface area (Å²) < 4.78 is 2.09. The summed E-state index contributed by atoms with van der Waals surface area (Å²) in [6, 6.07) is 6.43. The van der Waals surface area contributed by atoms with E-state index >= 15 is 0 Å².